The van der Waals surface area contributed by atoms with Crippen LogP contribution in [0.5, 0.6) is 0 Å². The lowest BCUT2D eigenvalue weighted by Gasteiger charge is -2.01. The fourth-order valence-corrected chi connectivity index (χ4v) is 1.23. The van der Waals surface area contributed by atoms with Crippen molar-refractivity contribution in [3.05, 3.63) is 28.0 Å². The number of methoxy groups -OCH3 is 1. The molecule has 0 N–H and O–H groups in total. The van der Waals surface area contributed by atoms with E-state index in [4.69, 9.17) is 10.00 Å². The predicted octanol–water partition coefficient (Wildman–Crippen LogP) is 1.86. The maximum absolute atomic E-state index is 8.65. The topological polar surface area (TPSA) is 45.9 Å². The van der Waals surface area contributed by atoms with Crippen LogP contribution >= 0.6 is 15.9 Å². The summed E-state index contributed by atoms with van der Waals surface area (Å²) in [7, 11) is 1.59. The molecular weight excluding hydrogens is 220 g/mol. The quantitative estimate of drug-likeness (QED) is 0.774. The summed E-state index contributed by atoms with van der Waals surface area (Å²) in [5, 5.41) is 8.65. The molecule has 1 aromatic rings. The van der Waals surface area contributed by atoms with Crippen molar-refractivity contribution in [2.24, 2.45) is 0 Å². The number of aromatic nitrogens is 1. The van der Waals surface area contributed by atoms with Gasteiger partial charge in [-0.3, -0.25) is 0 Å². The molecular formula is C8H7BrN2O. The number of ether oxygens (including phenoxy) is 1. The van der Waals surface area contributed by atoms with E-state index in [2.05, 4.69) is 20.9 Å². The van der Waals surface area contributed by atoms with Crippen LogP contribution in [-0.4, -0.2) is 12.1 Å². The Labute approximate surface area is 79.1 Å². The van der Waals surface area contributed by atoms with Gasteiger partial charge in [0.05, 0.1) is 6.61 Å². The predicted molar refractivity (Wildman–Crippen MR) is 47.4 cm³/mol. The van der Waals surface area contributed by atoms with Gasteiger partial charge < -0.3 is 4.74 Å². The molecule has 0 saturated heterocycles. The second kappa shape index (κ2) is 4.19. The highest BCUT2D eigenvalue weighted by molar-refractivity contribution is 9.10. The van der Waals surface area contributed by atoms with Gasteiger partial charge in [0.25, 0.3) is 0 Å². The average molecular weight is 227 g/mol. The molecule has 0 aliphatic carbocycles. The van der Waals surface area contributed by atoms with Gasteiger partial charge in [-0.2, -0.15) is 5.26 Å². The van der Waals surface area contributed by atoms with E-state index in [1.807, 2.05) is 12.1 Å². The van der Waals surface area contributed by atoms with Gasteiger partial charge in [-0.15, -0.1) is 0 Å². The number of nitriles is 1. The van der Waals surface area contributed by atoms with Crippen molar-refractivity contribution in [2.75, 3.05) is 7.11 Å². The minimum atomic E-state index is 0.412. The fourth-order valence-electron chi connectivity index (χ4n) is 0.847. The summed E-state index contributed by atoms with van der Waals surface area (Å²) < 4.78 is 5.77. The second-order valence-corrected chi connectivity index (χ2v) is 3.12. The number of rotatable bonds is 2. The van der Waals surface area contributed by atoms with E-state index in [-0.39, 0.29) is 0 Å². The summed E-state index contributed by atoms with van der Waals surface area (Å²) in [6.45, 7) is 0.412. The van der Waals surface area contributed by atoms with Gasteiger partial charge in [-0.1, -0.05) is 0 Å². The molecule has 0 unspecified atom stereocenters. The first kappa shape index (κ1) is 9.17. The average Bonchev–Trinajstić information content (AvgIpc) is 2.05. The maximum Gasteiger partial charge on any atom is 0.146 e. The highest BCUT2D eigenvalue weighted by Crippen LogP contribution is 2.13. The Morgan fingerprint density at radius 1 is 1.75 bits per heavy atom. The lowest BCUT2D eigenvalue weighted by Crippen LogP contribution is -1.95. The highest BCUT2D eigenvalue weighted by Gasteiger charge is 2.02. The summed E-state index contributed by atoms with van der Waals surface area (Å²) >= 11 is 3.27. The Balaban J connectivity index is 3.06. The summed E-state index contributed by atoms with van der Waals surface area (Å²) in [5.41, 5.74) is 1.22. The van der Waals surface area contributed by atoms with Gasteiger partial charge in [0.2, 0.25) is 0 Å². The molecule has 4 heteroatoms. The first-order valence-electron chi connectivity index (χ1n) is 3.31. The normalized spacial score (nSPS) is 9.42. The molecule has 0 spiro atoms. The maximum atomic E-state index is 8.65. The zero-order chi connectivity index (χ0) is 8.97. The van der Waals surface area contributed by atoms with Gasteiger partial charge in [0.1, 0.15) is 11.8 Å². The highest BCUT2D eigenvalue weighted by atomic mass is 79.9. The molecule has 1 aromatic heterocycles. The van der Waals surface area contributed by atoms with Gasteiger partial charge in [0, 0.05) is 23.3 Å². The first-order chi connectivity index (χ1) is 5.77. The number of halogens is 1. The number of hydrogen-bond acceptors (Lipinski definition) is 3. The van der Waals surface area contributed by atoms with Crippen molar-refractivity contribution in [1.29, 1.82) is 5.26 Å². The van der Waals surface area contributed by atoms with Crippen LogP contribution in [0.1, 0.15) is 11.3 Å². The molecule has 0 fully saturated rings. The summed E-state index contributed by atoms with van der Waals surface area (Å²) in [6, 6.07) is 3.82. The monoisotopic (exact) mass is 226 g/mol. The van der Waals surface area contributed by atoms with Crippen LogP contribution in [0, 0.1) is 11.3 Å². The minimum absolute atomic E-state index is 0.412. The molecule has 0 bridgehead atoms. The molecule has 0 radical (unpaired) electrons. The van der Waals surface area contributed by atoms with Crippen molar-refractivity contribution in [3.8, 4) is 6.07 Å². The SMILES string of the molecule is COCc1cc(Br)cnc1C#N. The molecule has 0 saturated carbocycles. The smallest absolute Gasteiger partial charge is 0.146 e. The Hall–Kier alpha value is -0.920. The summed E-state index contributed by atoms with van der Waals surface area (Å²) in [4.78, 5) is 3.93. The van der Waals surface area contributed by atoms with E-state index in [9.17, 15) is 0 Å². The Morgan fingerprint density at radius 3 is 3.08 bits per heavy atom. The van der Waals surface area contributed by atoms with Crippen LogP contribution in [0.2, 0.25) is 0 Å². The van der Waals surface area contributed by atoms with Crippen molar-refractivity contribution in [1.82, 2.24) is 4.98 Å². The van der Waals surface area contributed by atoms with E-state index in [0.717, 1.165) is 10.0 Å². The third-order valence-corrected chi connectivity index (χ3v) is 1.77. The number of nitrogens with zero attached hydrogens (tertiary/aromatic N) is 2. The zero-order valence-electron chi connectivity index (χ0n) is 6.54. The van der Waals surface area contributed by atoms with Crippen LogP contribution in [0.25, 0.3) is 0 Å². The number of pyridine rings is 1. The van der Waals surface area contributed by atoms with Crippen LogP contribution < -0.4 is 0 Å². The van der Waals surface area contributed by atoms with Crippen LogP contribution in [0.15, 0.2) is 16.7 Å². The zero-order valence-corrected chi connectivity index (χ0v) is 8.13. The van der Waals surface area contributed by atoms with E-state index in [0.29, 0.717) is 12.3 Å². The van der Waals surface area contributed by atoms with Gasteiger partial charge in [-0.05, 0) is 22.0 Å². The third-order valence-electron chi connectivity index (χ3n) is 1.34. The van der Waals surface area contributed by atoms with E-state index < -0.39 is 0 Å². The molecule has 1 rings (SSSR count). The summed E-state index contributed by atoms with van der Waals surface area (Å²) in [5.74, 6) is 0. The van der Waals surface area contributed by atoms with E-state index >= 15 is 0 Å². The Kier molecular flexibility index (Phi) is 3.20. The van der Waals surface area contributed by atoms with E-state index in [1.54, 1.807) is 13.3 Å². The molecule has 62 valence electrons. The molecule has 0 aliphatic rings. The first-order valence-corrected chi connectivity index (χ1v) is 4.10. The van der Waals surface area contributed by atoms with Crippen molar-refractivity contribution < 1.29 is 4.74 Å². The third kappa shape index (κ3) is 2.03. The van der Waals surface area contributed by atoms with Crippen LogP contribution in [0.4, 0.5) is 0 Å². The van der Waals surface area contributed by atoms with Crippen molar-refractivity contribution in [3.63, 3.8) is 0 Å². The second-order valence-electron chi connectivity index (χ2n) is 2.21. The van der Waals surface area contributed by atoms with Gasteiger partial charge in [0.15, 0.2) is 0 Å². The Morgan fingerprint density at radius 2 is 2.50 bits per heavy atom. The van der Waals surface area contributed by atoms with Gasteiger partial charge >= 0.3 is 0 Å². The number of hydrogen-bond donors (Lipinski definition) is 0. The summed E-state index contributed by atoms with van der Waals surface area (Å²) in [6.07, 6.45) is 1.59. The molecule has 12 heavy (non-hydrogen) atoms. The standard InChI is InChI=1S/C8H7BrN2O/c1-12-5-6-2-7(9)4-11-8(6)3-10/h2,4H,5H2,1H3. The van der Waals surface area contributed by atoms with Crippen LogP contribution in [-0.2, 0) is 11.3 Å². The van der Waals surface area contributed by atoms with Crippen molar-refractivity contribution in [2.45, 2.75) is 6.61 Å². The Bertz CT molecular complexity index is 319. The van der Waals surface area contributed by atoms with E-state index in [1.165, 1.54) is 0 Å². The van der Waals surface area contributed by atoms with Crippen molar-refractivity contribution >= 4 is 15.9 Å². The largest absolute Gasteiger partial charge is 0.380 e. The van der Waals surface area contributed by atoms with Gasteiger partial charge in [-0.25, -0.2) is 4.98 Å². The fraction of sp³-hybridized carbons (Fsp3) is 0.250. The molecule has 3 nitrogen and oxygen atoms in total. The molecule has 0 atom stereocenters. The lowest BCUT2D eigenvalue weighted by atomic mass is 10.2. The molecule has 1 heterocycles. The van der Waals surface area contributed by atoms with Crippen LogP contribution in [0.3, 0.4) is 0 Å². The molecule has 0 amide bonds. The molecule has 0 aliphatic heterocycles. The minimum Gasteiger partial charge on any atom is -0.380 e. The lowest BCUT2D eigenvalue weighted by molar-refractivity contribution is 0.184. The molecule has 0 aromatic carbocycles.